The highest BCUT2D eigenvalue weighted by Gasteiger charge is 2.52. The summed E-state index contributed by atoms with van der Waals surface area (Å²) in [6, 6.07) is -0.850. The van der Waals surface area contributed by atoms with Crippen LogP contribution < -0.4 is 21.4 Å². The SMILES string of the molecule is CC(C)[C@H](NC(=O)OC(C)(C)C)C(=O)N[C@H]1CCCC[C@H]1Nc1ncc(B2OC(C)(C)C(C)(C)O2)cn1. The van der Waals surface area contributed by atoms with Crippen molar-refractivity contribution in [2.24, 2.45) is 5.92 Å². The molecule has 1 aromatic heterocycles. The molecule has 1 saturated carbocycles. The van der Waals surface area contributed by atoms with Crippen LogP contribution in [-0.4, -0.2) is 64.0 Å². The molecule has 3 atom stereocenters. The monoisotopic (exact) mass is 517 g/mol. The van der Waals surface area contributed by atoms with Gasteiger partial charge in [-0.15, -0.1) is 0 Å². The van der Waals surface area contributed by atoms with Gasteiger partial charge in [0.2, 0.25) is 11.9 Å². The maximum Gasteiger partial charge on any atom is 0.498 e. The summed E-state index contributed by atoms with van der Waals surface area (Å²) in [5.74, 6) is 0.156. The van der Waals surface area contributed by atoms with E-state index in [0.29, 0.717) is 5.95 Å². The van der Waals surface area contributed by atoms with Crippen molar-refractivity contribution in [3.8, 4) is 0 Å². The van der Waals surface area contributed by atoms with Crippen LogP contribution >= 0.6 is 0 Å². The van der Waals surface area contributed by atoms with E-state index >= 15 is 0 Å². The van der Waals surface area contributed by atoms with E-state index in [1.165, 1.54) is 0 Å². The predicted molar refractivity (Wildman–Crippen MR) is 144 cm³/mol. The summed E-state index contributed by atoms with van der Waals surface area (Å²) in [5, 5.41) is 9.27. The highest BCUT2D eigenvalue weighted by molar-refractivity contribution is 6.61. The van der Waals surface area contributed by atoms with Gasteiger partial charge in [0.05, 0.1) is 11.2 Å². The van der Waals surface area contributed by atoms with Gasteiger partial charge in [0.25, 0.3) is 0 Å². The van der Waals surface area contributed by atoms with Gasteiger partial charge in [0.15, 0.2) is 0 Å². The number of ether oxygens (including phenoxy) is 1. The molecular formula is C26H44BN5O5. The molecule has 3 N–H and O–H groups in total. The molecule has 1 aromatic rings. The summed E-state index contributed by atoms with van der Waals surface area (Å²) in [6.07, 6.45) is 6.58. The molecule has 1 aliphatic carbocycles. The Kier molecular flexibility index (Phi) is 8.79. The Morgan fingerprint density at radius 2 is 1.57 bits per heavy atom. The van der Waals surface area contributed by atoms with Crippen LogP contribution in [0.1, 0.15) is 88.0 Å². The fourth-order valence-electron chi connectivity index (χ4n) is 4.40. The van der Waals surface area contributed by atoms with Crippen molar-refractivity contribution in [3.05, 3.63) is 12.4 Å². The Bertz CT molecular complexity index is 932. The van der Waals surface area contributed by atoms with Gasteiger partial charge >= 0.3 is 13.2 Å². The van der Waals surface area contributed by atoms with Crippen molar-refractivity contribution in [1.82, 2.24) is 20.6 Å². The Hall–Kier alpha value is -2.40. The molecule has 2 aliphatic rings. The molecular weight excluding hydrogens is 473 g/mol. The van der Waals surface area contributed by atoms with Gasteiger partial charge in [-0.1, -0.05) is 26.7 Å². The number of aromatic nitrogens is 2. The lowest BCUT2D eigenvalue weighted by Crippen LogP contribution is -2.56. The Morgan fingerprint density at radius 1 is 1.03 bits per heavy atom. The molecule has 0 spiro atoms. The van der Waals surface area contributed by atoms with Crippen molar-refractivity contribution in [3.63, 3.8) is 0 Å². The van der Waals surface area contributed by atoms with Crippen LogP contribution in [0.4, 0.5) is 10.7 Å². The number of alkyl carbamates (subject to hydrolysis) is 1. The minimum atomic E-state index is -0.701. The fourth-order valence-corrected chi connectivity index (χ4v) is 4.40. The molecule has 3 rings (SSSR count). The number of hydrogen-bond acceptors (Lipinski definition) is 8. The van der Waals surface area contributed by atoms with Gasteiger partial charge in [-0.25, -0.2) is 14.8 Å². The average molecular weight is 517 g/mol. The maximum absolute atomic E-state index is 13.2. The number of carbonyl (C=O) groups is 2. The molecule has 1 aliphatic heterocycles. The van der Waals surface area contributed by atoms with Crippen LogP contribution in [0.2, 0.25) is 0 Å². The molecule has 0 aromatic carbocycles. The summed E-state index contributed by atoms with van der Waals surface area (Å²) >= 11 is 0. The first-order chi connectivity index (χ1) is 17.1. The average Bonchev–Trinajstić information content (AvgIpc) is 2.99. The molecule has 2 heterocycles. The summed E-state index contributed by atoms with van der Waals surface area (Å²) in [7, 11) is -0.522. The molecule has 0 bridgehead atoms. The van der Waals surface area contributed by atoms with Crippen molar-refractivity contribution in [2.75, 3.05) is 5.32 Å². The van der Waals surface area contributed by atoms with Crippen LogP contribution in [0, 0.1) is 5.92 Å². The number of rotatable bonds is 7. The van der Waals surface area contributed by atoms with Gasteiger partial charge < -0.3 is 30.0 Å². The third-order valence-electron chi connectivity index (χ3n) is 7.23. The van der Waals surface area contributed by atoms with Gasteiger partial charge in [-0.3, -0.25) is 4.79 Å². The molecule has 2 amide bonds. The first-order valence-corrected chi connectivity index (χ1v) is 13.3. The smallest absolute Gasteiger partial charge is 0.444 e. The lowest BCUT2D eigenvalue weighted by molar-refractivity contribution is -0.125. The van der Waals surface area contributed by atoms with E-state index in [-0.39, 0.29) is 23.9 Å². The zero-order valence-corrected chi connectivity index (χ0v) is 23.8. The zero-order valence-electron chi connectivity index (χ0n) is 23.8. The van der Waals surface area contributed by atoms with E-state index in [2.05, 4.69) is 25.9 Å². The minimum Gasteiger partial charge on any atom is -0.444 e. The van der Waals surface area contributed by atoms with Crippen LogP contribution in [0.25, 0.3) is 0 Å². The highest BCUT2D eigenvalue weighted by Crippen LogP contribution is 2.36. The number of nitrogens with one attached hydrogen (secondary N) is 3. The normalized spacial score (nSPS) is 23.9. The van der Waals surface area contributed by atoms with Gasteiger partial charge in [-0.2, -0.15) is 0 Å². The van der Waals surface area contributed by atoms with E-state index in [9.17, 15) is 9.59 Å². The molecule has 10 nitrogen and oxygen atoms in total. The zero-order chi connectivity index (χ0) is 27.6. The van der Waals surface area contributed by atoms with E-state index in [0.717, 1.165) is 31.1 Å². The molecule has 0 radical (unpaired) electrons. The Morgan fingerprint density at radius 3 is 2.08 bits per heavy atom. The fraction of sp³-hybridized carbons (Fsp3) is 0.769. The van der Waals surface area contributed by atoms with E-state index < -0.39 is 36.1 Å². The number of amides is 2. The van der Waals surface area contributed by atoms with E-state index in [1.807, 2.05) is 41.5 Å². The van der Waals surface area contributed by atoms with Crippen molar-refractivity contribution in [1.29, 1.82) is 0 Å². The largest absolute Gasteiger partial charge is 0.498 e. The standard InChI is InChI=1S/C26H44BN5O5/c1-16(2)20(32-23(34)35-24(3,4)5)21(33)30-18-12-10-11-13-19(18)31-22-28-14-17(15-29-22)27-36-25(6,7)26(8,9)37-27/h14-16,18-20H,10-13H2,1-9H3,(H,30,33)(H,32,34)(H,28,29,31)/t18-,19+,20-/m0/s1. The molecule has 206 valence electrons. The lowest BCUT2D eigenvalue weighted by atomic mass is 9.81. The number of hydrogen-bond donors (Lipinski definition) is 3. The second-order valence-corrected chi connectivity index (χ2v) is 12.4. The van der Waals surface area contributed by atoms with Crippen LogP contribution in [0.5, 0.6) is 0 Å². The molecule has 2 fully saturated rings. The first kappa shape index (κ1) is 29.2. The van der Waals surface area contributed by atoms with Gasteiger partial charge in [0, 0.05) is 29.9 Å². The summed E-state index contributed by atoms with van der Waals surface area (Å²) < 4.78 is 17.5. The summed E-state index contributed by atoms with van der Waals surface area (Å²) in [6.45, 7) is 17.2. The maximum atomic E-state index is 13.2. The van der Waals surface area contributed by atoms with Gasteiger partial charge in [0.1, 0.15) is 11.6 Å². The van der Waals surface area contributed by atoms with E-state index in [4.69, 9.17) is 14.0 Å². The van der Waals surface area contributed by atoms with Gasteiger partial charge in [-0.05, 0) is 67.2 Å². The van der Waals surface area contributed by atoms with Crippen LogP contribution in [0.3, 0.4) is 0 Å². The van der Waals surface area contributed by atoms with Crippen molar-refractivity contribution < 1.29 is 23.6 Å². The first-order valence-electron chi connectivity index (χ1n) is 13.3. The van der Waals surface area contributed by atoms with Crippen molar-refractivity contribution in [2.45, 2.75) is 123 Å². The highest BCUT2D eigenvalue weighted by atomic mass is 16.7. The van der Waals surface area contributed by atoms with E-state index in [1.54, 1.807) is 33.2 Å². The Balaban J connectivity index is 1.62. The summed E-state index contributed by atoms with van der Waals surface area (Å²) in [5.41, 5.74) is -0.758. The number of carbonyl (C=O) groups excluding carboxylic acids is 2. The molecule has 37 heavy (non-hydrogen) atoms. The number of anilines is 1. The lowest BCUT2D eigenvalue weighted by Gasteiger charge is -2.34. The Labute approximate surface area is 221 Å². The molecule has 11 heteroatoms. The van der Waals surface area contributed by atoms with Crippen molar-refractivity contribution >= 4 is 30.5 Å². The second kappa shape index (κ2) is 11.1. The topological polar surface area (TPSA) is 124 Å². The predicted octanol–water partition coefficient (Wildman–Crippen LogP) is 3.16. The minimum absolute atomic E-state index is 0.0327. The van der Waals surface area contributed by atoms with Crippen LogP contribution in [-0.2, 0) is 18.8 Å². The summed E-state index contributed by atoms with van der Waals surface area (Å²) in [4.78, 5) is 34.5. The molecule has 0 unspecified atom stereocenters. The second-order valence-electron chi connectivity index (χ2n) is 12.4. The van der Waals surface area contributed by atoms with Crippen LogP contribution in [0.15, 0.2) is 12.4 Å². The third kappa shape index (κ3) is 7.57. The quantitative estimate of drug-likeness (QED) is 0.472. The number of nitrogens with zero attached hydrogens (tertiary/aromatic N) is 2. The molecule has 1 saturated heterocycles. The third-order valence-corrected chi connectivity index (χ3v) is 7.23.